The molecule has 0 bridgehead atoms. The second-order valence-corrected chi connectivity index (χ2v) is 6.76. The first-order valence-corrected chi connectivity index (χ1v) is 8.57. The van der Waals surface area contributed by atoms with Gasteiger partial charge in [-0.3, -0.25) is 0 Å². The van der Waals surface area contributed by atoms with Gasteiger partial charge >= 0.3 is 0 Å². The highest BCUT2D eigenvalue weighted by atomic mass is 127. The van der Waals surface area contributed by atoms with Crippen molar-refractivity contribution in [2.45, 2.75) is 6.42 Å². The maximum atomic E-state index is 6.17. The van der Waals surface area contributed by atoms with Crippen molar-refractivity contribution < 1.29 is 0 Å². The molecule has 3 nitrogen and oxygen atoms in total. The van der Waals surface area contributed by atoms with E-state index in [1.165, 1.54) is 0 Å². The van der Waals surface area contributed by atoms with Gasteiger partial charge in [0.1, 0.15) is 5.82 Å². The van der Waals surface area contributed by atoms with E-state index in [9.17, 15) is 0 Å². The van der Waals surface area contributed by atoms with Gasteiger partial charge in [0.15, 0.2) is 0 Å². The van der Waals surface area contributed by atoms with Crippen LogP contribution in [-0.2, 0) is 6.42 Å². The Kier molecular flexibility index (Phi) is 5.00. The van der Waals surface area contributed by atoms with E-state index in [0.29, 0.717) is 0 Å². The van der Waals surface area contributed by atoms with E-state index in [1.54, 1.807) is 0 Å². The Morgan fingerprint density at radius 3 is 2.68 bits per heavy atom. The number of benzene rings is 2. The number of halogens is 3. The van der Waals surface area contributed by atoms with Gasteiger partial charge in [0.05, 0.1) is 5.52 Å². The first-order valence-electron chi connectivity index (χ1n) is 6.73. The predicted octanol–water partition coefficient (Wildman–Crippen LogP) is 5.20. The molecule has 1 N–H and O–H groups in total. The summed E-state index contributed by atoms with van der Waals surface area (Å²) in [6, 6.07) is 13.8. The molecule has 0 saturated carbocycles. The Morgan fingerprint density at radius 2 is 1.86 bits per heavy atom. The average Bonchev–Trinajstić information content (AvgIpc) is 2.50. The molecular formula is C16H12Cl2IN3. The van der Waals surface area contributed by atoms with Gasteiger partial charge in [0, 0.05) is 20.5 Å². The molecule has 0 atom stereocenters. The lowest BCUT2D eigenvalue weighted by atomic mass is 10.1. The van der Waals surface area contributed by atoms with Gasteiger partial charge in [0.25, 0.3) is 0 Å². The number of hydrogen-bond acceptors (Lipinski definition) is 3. The van der Waals surface area contributed by atoms with Crippen LogP contribution in [0.2, 0.25) is 10.3 Å². The molecule has 6 heteroatoms. The Morgan fingerprint density at radius 1 is 1.05 bits per heavy atom. The van der Waals surface area contributed by atoms with E-state index in [0.717, 1.165) is 43.8 Å². The molecule has 0 fully saturated rings. The van der Waals surface area contributed by atoms with E-state index in [1.807, 2.05) is 42.5 Å². The largest absolute Gasteiger partial charge is 0.369 e. The summed E-state index contributed by atoms with van der Waals surface area (Å²) in [7, 11) is 0. The normalized spacial score (nSPS) is 10.9. The molecule has 0 aliphatic rings. The zero-order valence-corrected chi connectivity index (χ0v) is 15.2. The highest BCUT2D eigenvalue weighted by Crippen LogP contribution is 2.24. The molecule has 0 spiro atoms. The highest BCUT2D eigenvalue weighted by molar-refractivity contribution is 14.1. The number of rotatable bonds is 4. The molecule has 2 aromatic carbocycles. The van der Waals surface area contributed by atoms with Crippen LogP contribution in [0.3, 0.4) is 0 Å². The van der Waals surface area contributed by atoms with Crippen LogP contribution in [0, 0.1) is 3.57 Å². The monoisotopic (exact) mass is 443 g/mol. The topological polar surface area (TPSA) is 37.8 Å². The second kappa shape index (κ2) is 6.98. The molecule has 1 heterocycles. The first kappa shape index (κ1) is 15.8. The van der Waals surface area contributed by atoms with Crippen LogP contribution in [0.1, 0.15) is 5.56 Å². The molecule has 0 aliphatic heterocycles. The fourth-order valence-corrected chi connectivity index (χ4v) is 3.12. The first-order chi connectivity index (χ1) is 10.6. The molecule has 112 valence electrons. The lowest BCUT2D eigenvalue weighted by Gasteiger charge is -2.10. The summed E-state index contributed by atoms with van der Waals surface area (Å²) in [4.78, 5) is 8.55. The van der Waals surface area contributed by atoms with Gasteiger partial charge in [-0.25, -0.2) is 9.97 Å². The number of fused-ring (bicyclic) bond motifs is 1. The van der Waals surface area contributed by atoms with Crippen LogP contribution in [0.15, 0.2) is 42.5 Å². The van der Waals surface area contributed by atoms with Crippen molar-refractivity contribution in [3.63, 3.8) is 0 Å². The fraction of sp³-hybridized carbons (Fsp3) is 0.125. The van der Waals surface area contributed by atoms with Crippen LogP contribution in [0.25, 0.3) is 10.9 Å². The van der Waals surface area contributed by atoms with Crippen LogP contribution in [-0.4, -0.2) is 16.5 Å². The molecule has 3 aromatic rings. The number of nitrogens with zero attached hydrogens (tertiary/aromatic N) is 2. The molecule has 0 amide bonds. The van der Waals surface area contributed by atoms with Gasteiger partial charge in [-0.05, 0) is 70.4 Å². The Labute approximate surface area is 152 Å². The quantitative estimate of drug-likeness (QED) is 0.445. The van der Waals surface area contributed by atoms with Crippen LogP contribution < -0.4 is 5.32 Å². The van der Waals surface area contributed by atoms with Crippen molar-refractivity contribution in [2.24, 2.45) is 0 Å². The Hall–Kier alpha value is -1.11. The summed E-state index contributed by atoms with van der Waals surface area (Å²) in [6.45, 7) is 0.720. The molecule has 0 saturated heterocycles. The summed E-state index contributed by atoms with van der Waals surface area (Å²) in [5, 5.41) is 5.33. The van der Waals surface area contributed by atoms with Crippen molar-refractivity contribution in [1.82, 2.24) is 9.97 Å². The summed E-state index contributed by atoms with van der Waals surface area (Å²) in [6.07, 6.45) is 0.812. The average molecular weight is 444 g/mol. The second-order valence-electron chi connectivity index (χ2n) is 4.77. The van der Waals surface area contributed by atoms with E-state index >= 15 is 0 Å². The van der Waals surface area contributed by atoms with Crippen molar-refractivity contribution in [3.8, 4) is 0 Å². The number of nitrogens with one attached hydrogen (secondary N) is 1. The van der Waals surface area contributed by atoms with Crippen molar-refractivity contribution in [1.29, 1.82) is 0 Å². The van der Waals surface area contributed by atoms with E-state index in [-0.39, 0.29) is 5.28 Å². The lowest BCUT2D eigenvalue weighted by molar-refractivity contribution is 1.01. The minimum Gasteiger partial charge on any atom is -0.369 e. The minimum absolute atomic E-state index is 0.244. The summed E-state index contributed by atoms with van der Waals surface area (Å²) in [5.74, 6) is 0.751. The zero-order chi connectivity index (χ0) is 15.5. The maximum absolute atomic E-state index is 6.17. The lowest BCUT2D eigenvalue weighted by Crippen LogP contribution is -2.08. The molecule has 0 unspecified atom stereocenters. The third-order valence-electron chi connectivity index (χ3n) is 3.28. The zero-order valence-electron chi connectivity index (χ0n) is 11.5. The van der Waals surface area contributed by atoms with Gasteiger partial charge in [0.2, 0.25) is 5.28 Å². The van der Waals surface area contributed by atoms with Gasteiger partial charge < -0.3 is 5.32 Å². The molecule has 0 aliphatic carbocycles. The SMILES string of the molecule is Clc1nc(NCCc2ccccc2Cl)c2cc(I)ccc2n1. The van der Waals surface area contributed by atoms with Crippen molar-refractivity contribution >= 4 is 62.5 Å². The molecular weight excluding hydrogens is 432 g/mol. The van der Waals surface area contributed by atoms with Crippen molar-refractivity contribution in [3.05, 3.63) is 61.9 Å². The van der Waals surface area contributed by atoms with Crippen LogP contribution >= 0.6 is 45.8 Å². The summed E-state index contributed by atoms with van der Waals surface area (Å²) < 4.78 is 1.13. The predicted molar refractivity (Wildman–Crippen MR) is 101 cm³/mol. The smallest absolute Gasteiger partial charge is 0.224 e. The molecule has 0 radical (unpaired) electrons. The molecule has 22 heavy (non-hydrogen) atoms. The fourth-order valence-electron chi connectivity index (χ4n) is 2.22. The molecule has 1 aromatic heterocycles. The summed E-state index contributed by atoms with van der Waals surface area (Å²) in [5.41, 5.74) is 1.94. The third kappa shape index (κ3) is 3.62. The van der Waals surface area contributed by atoms with Crippen molar-refractivity contribution in [2.75, 3.05) is 11.9 Å². The van der Waals surface area contributed by atoms with Crippen LogP contribution in [0.5, 0.6) is 0 Å². The van der Waals surface area contributed by atoms with Gasteiger partial charge in [-0.15, -0.1) is 0 Å². The highest BCUT2D eigenvalue weighted by Gasteiger charge is 2.07. The number of hydrogen-bond donors (Lipinski definition) is 1. The van der Waals surface area contributed by atoms with Crippen LogP contribution in [0.4, 0.5) is 5.82 Å². The number of anilines is 1. The molecule has 3 rings (SSSR count). The van der Waals surface area contributed by atoms with Gasteiger partial charge in [-0.2, -0.15) is 0 Å². The Balaban J connectivity index is 1.82. The number of aromatic nitrogens is 2. The Bertz CT molecular complexity index is 824. The maximum Gasteiger partial charge on any atom is 0.224 e. The van der Waals surface area contributed by atoms with Gasteiger partial charge in [-0.1, -0.05) is 29.8 Å². The minimum atomic E-state index is 0.244. The van der Waals surface area contributed by atoms with E-state index in [2.05, 4.69) is 37.9 Å². The standard InChI is InChI=1S/C16H12Cl2IN3/c17-13-4-2-1-3-10(13)7-8-20-15-12-9-11(19)5-6-14(12)21-16(18)22-15/h1-6,9H,7-8H2,(H,20,21,22). The van der Waals surface area contributed by atoms with E-state index in [4.69, 9.17) is 23.2 Å². The summed E-state index contributed by atoms with van der Waals surface area (Å²) >= 11 is 14.4. The van der Waals surface area contributed by atoms with E-state index < -0.39 is 0 Å². The third-order valence-corrected chi connectivity index (χ3v) is 4.48.